The van der Waals surface area contributed by atoms with Crippen molar-refractivity contribution in [1.29, 1.82) is 0 Å². The molecule has 0 saturated heterocycles. The minimum atomic E-state index is 0.268. The van der Waals surface area contributed by atoms with E-state index in [1.807, 2.05) is 0 Å². The van der Waals surface area contributed by atoms with Crippen LogP contribution in [-0.2, 0) is 4.79 Å². The van der Waals surface area contributed by atoms with Gasteiger partial charge in [-0.25, -0.2) is 0 Å². The summed E-state index contributed by atoms with van der Waals surface area (Å²) in [5.41, 5.74) is 1.15. The molecule has 2 nitrogen and oxygen atoms in total. The van der Waals surface area contributed by atoms with Gasteiger partial charge in [-0.15, -0.1) is 0 Å². The summed E-state index contributed by atoms with van der Waals surface area (Å²) >= 11 is 0. The minimum Gasteiger partial charge on any atom is -0.383 e. The van der Waals surface area contributed by atoms with Crippen LogP contribution in [0.15, 0.2) is 23.9 Å². The third-order valence-corrected chi connectivity index (χ3v) is 6.36. The molecule has 0 aliphatic heterocycles. The van der Waals surface area contributed by atoms with E-state index < -0.39 is 0 Å². The van der Waals surface area contributed by atoms with Gasteiger partial charge in [-0.3, -0.25) is 4.79 Å². The van der Waals surface area contributed by atoms with Crippen LogP contribution in [0.4, 0.5) is 0 Å². The zero-order valence-electron chi connectivity index (χ0n) is 18.1. The summed E-state index contributed by atoms with van der Waals surface area (Å²) in [5.74, 6) is 1.22. The Bertz CT molecular complexity index is 467. The van der Waals surface area contributed by atoms with E-state index in [0.29, 0.717) is 11.7 Å². The zero-order valence-corrected chi connectivity index (χ0v) is 18.1. The summed E-state index contributed by atoms with van der Waals surface area (Å²) < 4.78 is 0. The number of Topliss-reactive ketones (excluding diaryl/α,β-unsaturated/α-hetero) is 1. The van der Waals surface area contributed by atoms with E-state index in [1.165, 1.54) is 89.9 Å². The first kappa shape index (κ1) is 22.2. The number of hydrogen-bond acceptors (Lipinski definition) is 2. The van der Waals surface area contributed by atoms with Gasteiger partial charge in [-0.2, -0.15) is 0 Å². The Labute approximate surface area is 168 Å². The lowest BCUT2D eigenvalue weighted by atomic mass is 9.79. The lowest BCUT2D eigenvalue weighted by molar-refractivity contribution is -0.120. The molecule has 0 radical (unpaired) electrons. The van der Waals surface area contributed by atoms with Gasteiger partial charge in [-0.1, -0.05) is 63.5 Å². The predicted molar refractivity (Wildman–Crippen MR) is 117 cm³/mol. The summed E-state index contributed by atoms with van der Waals surface area (Å²) in [6, 6.07) is 0. The summed E-state index contributed by atoms with van der Waals surface area (Å²) in [5, 5.41) is 0. The van der Waals surface area contributed by atoms with Gasteiger partial charge in [0.15, 0.2) is 5.78 Å². The molecule has 0 aromatic heterocycles. The summed E-state index contributed by atoms with van der Waals surface area (Å²) in [7, 11) is 4.15. The van der Waals surface area contributed by atoms with Crippen LogP contribution in [0, 0.1) is 11.8 Å². The lowest BCUT2D eigenvalue weighted by Gasteiger charge is -2.26. The fraction of sp³-hybridized carbons (Fsp3) is 0.800. The Kier molecular flexibility index (Phi) is 10.9. The average Bonchev–Trinajstić information content (AvgIpc) is 2.67. The van der Waals surface area contributed by atoms with Crippen LogP contribution in [0.1, 0.15) is 103 Å². The lowest BCUT2D eigenvalue weighted by Crippen LogP contribution is -2.24. The van der Waals surface area contributed by atoms with Gasteiger partial charge in [0.05, 0.1) is 0 Å². The molecule has 0 aromatic carbocycles. The van der Waals surface area contributed by atoms with Crippen LogP contribution in [0.3, 0.4) is 0 Å². The summed E-state index contributed by atoms with van der Waals surface area (Å²) in [6.45, 7) is 0. The molecule has 0 N–H and O–H groups in total. The van der Waals surface area contributed by atoms with Crippen molar-refractivity contribution >= 4 is 5.78 Å². The number of allylic oxidation sites excluding steroid dienone is 3. The summed E-state index contributed by atoms with van der Waals surface area (Å²) in [6.07, 6.45) is 26.8. The van der Waals surface area contributed by atoms with Crippen molar-refractivity contribution in [2.45, 2.75) is 103 Å². The maximum absolute atomic E-state index is 13.6. The van der Waals surface area contributed by atoms with E-state index in [4.69, 9.17) is 0 Å². The molecular weight excluding hydrogens is 330 g/mol. The first-order valence-corrected chi connectivity index (χ1v) is 11.8. The van der Waals surface area contributed by atoms with Crippen molar-refractivity contribution in [2.75, 3.05) is 14.1 Å². The number of carbonyl (C=O) groups is 1. The van der Waals surface area contributed by atoms with Gasteiger partial charge >= 0.3 is 0 Å². The molecule has 0 aromatic rings. The Morgan fingerprint density at radius 1 is 0.704 bits per heavy atom. The van der Waals surface area contributed by atoms with Crippen LogP contribution in [-0.4, -0.2) is 24.8 Å². The van der Waals surface area contributed by atoms with Gasteiger partial charge in [-0.05, 0) is 57.3 Å². The maximum Gasteiger partial charge on any atom is 0.163 e. The van der Waals surface area contributed by atoms with E-state index in [2.05, 4.69) is 37.3 Å². The third-order valence-electron chi connectivity index (χ3n) is 6.36. The number of hydrogen-bond donors (Lipinski definition) is 0. The van der Waals surface area contributed by atoms with Crippen molar-refractivity contribution in [3.63, 3.8) is 0 Å². The van der Waals surface area contributed by atoms with Crippen LogP contribution in [0.25, 0.3) is 0 Å². The molecule has 154 valence electrons. The van der Waals surface area contributed by atoms with Gasteiger partial charge in [0.2, 0.25) is 0 Å². The third kappa shape index (κ3) is 8.66. The number of carbonyl (C=O) groups excluding carboxylic acids is 1. The number of nitrogens with zero attached hydrogens (tertiary/aromatic N) is 1. The number of ketones is 1. The fourth-order valence-electron chi connectivity index (χ4n) is 4.78. The molecule has 2 aliphatic carbocycles. The molecule has 2 aliphatic rings. The molecule has 2 heteroatoms. The van der Waals surface area contributed by atoms with Gasteiger partial charge in [0.1, 0.15) is 0 Å². The maximum atomic E-state index is 13.6. The largest absolute Gasteiger partial charge is 0.383 e. The van der Waals surface area contributed by atoms with Crippen molar-refractivity contribution < 1.29 is 4.79 Å². The second-order valence-electron chi connectivity index (χ2n) is 9.05. The quantitative estimate of drug-likeness (QED) is 0.388. The fourth-order valence-corrected chi connectivity index (χ4v) is 4.78. The second kappa shape index (κ2) is 13.2. The van der Waals surface area contributed by atoms with Crippen LogP contribution < -0.4 is 0 Å². The standard InChI is InChI=1S/C25H43NO/c1-26(2)21-24(22-17-13-9-5-3-6-10-14-18-22)25(27)23-19-15-11-7-4-8-12-16-20-23/h3,5,21-23H,4,6-20H2,1-2H3/b5-3-,24-21+. The Hall–Kier alpha value is -1.05. The van der Waals surface area contributed by atoms with E-state index in [9.17, 15) is 4.79 Å². The first-order chi connectivity index (χ1) is 13.2. The average molecular weight is 374 g/mol. The molecular formula is C25H43NO. The normalized spacial score (nSPS) is 26.1. The monoisotopic (exact) mass is 373 g/mol. The highest BCUT2D eigenvalue weighted by Crippen LogP contribution is 2.32. The molecule has 0 bridgehead atoms. The molecule has 0 spiro atoms. The Balaban J connectivity index is 2.11. The van der Waals surface area contributed by atoms with Gasteiger partial charge in [0.25, 0.3) is 0 Å². The SMILES string of the molecule is CN(C)/C=C(/C(=O)C1CCCCCCCCC1)C1CCC/C=C\CCCC1. The molecule has 0 amide bonds. The van der Waals surface area contributed by atoms with E-state index in [1.54, 1.807) is 0 Å². The molecule has 27 heavy (non-hydrogen) atoms. The minimum absolute atomic E-state index is 0.268. The number of rotatable bonds is 4. The molecule has 1 fully saturated rings. The Morgan fingerprint density at radius 2 is 1.19 bits per heavy atom. The van der Waals surface area contributed by atoms with Crippen LogP contribution in [0.2, 0.25) is 0 Å². The van der Waals surface area contributed by atoms with Crippen molar-refractivity contribution in [3.05, 3.63) is 23.9 Å². The Morgan fingerprint density at radius 3 is 1.81 bits per heavy atom. The first-order valence-electron chi connectivity index (χ1n) is 11.8. The van der Waals surface area contributed by atoms with Crippen LogP contribution in [0.5, 0.6) is 0 Å². The summed E-state index contributed by atoms with van der Waals surface area (Å²) in [4.78, 5) is 15.7. The van der Waals surface area contributed by atoms with E-state index in [-0.39, 0.29) is 5.92 Å². The highest BCUT2D eigenvalue weighted by atomic mass is 16.1. The molecule has 1 atom stereocenters. The van der Waals surface area contributed by atoms with Gasteiger partial charge in [0, 0.05) is 31.8 Å². The zero-order chi connectivity index (χ0) is 19.3. The second-order valence-corrected chi connectivity index (χ2v) is 9.05. The smallest absolute Gasteiger partial charge is 0.163 e. The molecule has 1 saturated carbocycles. The van der Waals surface area contributed by atoms with Crippen molar-refractivity contribution in [1.82, 2.24) is 4.90 Å². The van der Waals surface area contributed by atoms with Crippen molar-refractivity contribution in [2.24, 2.45) is 11.8 Å². The molecule has 0 heterocycles. The van der Waals surface area contributed by atoms with Crippen LogP contribution >= 0.6 is 0 Å². The highest BCUT2D eigenvalue weighted by Gasteiger charge is 2.27. The molecule has 2 rings (SSSR count). The highest BCUT2D eigenvalue weighted by molar-refractivity contribution is 5.97. The van der Waals surface area contributed by atoms with E-state index in [0.717, 1.165) is 18.4 Å². The topological polar surface area (TPSA) is 20.3 Å². The van der Waals surface area contributed by atoms with Gasteiger partial charge < -0.3 is 4.90 Å². The van der Waals surface area contributed by atoms with Crippen molar-refractivity contribution in [3.8, 4) is 0 Å². The predicted octanol–water partition coefficient (Wildman–Crippen LogP) is 7.06. The molecule has 1 unspecified atom stereocenters. The van der Waals surface area contributed by atoms with E-state index >= 15 is 0 Å².